The second kappa shape index (κ2) is 12.0. The van der Waals surface area contributed by atoms with Gasteiger partial charge in [-0.25, -0.2) is 8.42 Å². The number of amides is 2. The summed E-state index contributed by atoms with van der Waals surface area (Å²) < 4.78 is 31.9. The van der Waals surface area contributed by atoms with E-state index in [-0.39, 0.29) is 12.5 Å². The first-order valence-corrected chi connectivity index (χ1v) is 13.1. The number of sulfonamides is 1. The standard InChI is InChI=1S/C23H30BrN3O5S/c1-5-13-25-23(29)17(2)26(15-18-9-11-21(32-3)12-10-18)22(28)16-27(33(4,30)31)20-8-6-7-19(24)14-20/h6-12,14,17H,5,13,15-16H2,1-4H3,(H,25,29)/t17-/m0/s1. The van der Waals surface area contributed by atoms with Crippen molar-refractivity contribution in [1.29, 1.82) is 0 Å². The van der Waals surface area contributed by atoms with E-state index in [4.69, 9.17) is 4.74 Å². The normalized spacial score (nSPS) is 12.0. The maximum Gasteiger partial charge on any atom is 0.244 e. The second-order valence-corrected chi connectivity index (χ2v) is 10.4. The highest BCUT2D eigenvalue weighted by molar-refractivity contribution is 9.10. The monoisotopic (exact) mass is 539 g/mol. The molecular weight excluding hydrogens is 510 g/mol. The Balaban J connectivity index is 2.36. The number of hydrogen-bond acceptors (Lipinski definition) is 5. The molecule has 0 aliphatic carbocycles. The molecule has 0 saturated carbocycles. The van der Waals surface area contributed by atoms with Crippen molar-refractivity contribution in [1.82, 2.24) is 10.2 Å². The zero-order chi connectivity index (χ0) is 24.6. The van der Waals surface area contributed by atoms with Crippen molar-refractivity contribution in [3.8, 4) is 5.75 Å². The Hall–Kier alpha value is -2.59. The minimum absolute atomic E-state index is 0.139. The maximum absolute atomic E-state index is 13.4. The molecule has 1 atom stereocenters. The number of carbonyl (C=O) groups is 2. The molecule has 2 rings (SSSR count). The number of carbonyl (C=O) groups excluding carboxylic acids is 2. The molecule has 33 heavy (non-hydrogen) atoms. The first kappa shape index (κ1) is 26.7. The molecule has 2 amide bonds. The number of hydrogen-bond donors (Lipinski definition) is 1. The third-order valence-corrected chi connectivity index (χ3v) is 6.64. The van der Waals surface area contributed by atoms with Gasteiger partial charge in [-0.1, -0.05) is 41.1 Å². The molecule has 8 nitrogen and oxygen atoms in total. The van der Waals surface area contributed by atoms with Crippen LogP contribution in [0.4, 0.5) is 5.69 Å². The summed E-state index contributed by atoms with van der Waals surface area (Å²) in [4.78, 5) is 27.5. The Morgan fingerprint density at radius 3 is 2.36 bits per heavy atom. The molecule has 0 aliphatic rings. The number of benzene rings is 2. The second-order valence-electron chi connectivity index (χ2n) is 7.59. The Labute approximate surface area is 204 Å². The van der Waals surface area contributed by atoms with E-state index in [0.29, 0.717) is 22.5 Å². The molecule has 0 bridgehead atoms. The van der Waals surface area contributed by atoms with Crippen LogP contribution in [0.15, 0.2) is 53.0 Å². The van der Waals surface area contributed by atoms with Crippen molar-refractivity contribution < 1.29 is 22.7 Å². The smallest absolute Gasteiger partial charge is 0.244 e. The van der Waals surface area contributed by atoms with Gasteiger partial charge in [0.05, 0.1) is 19.1 Å². The van der Waals surface area contributed by atoms with E-state index >= 15 is 0 Å². The van der Waals surface area contributed by atoms with Crippen LogP contribution in [-0.4, -0.2) is 57.6 Å². The number of methoxy groups -OCH3 is 1. The average Bonchev–Trinajstić information content (AvgIpc) is 2.78. The maximum atomic E-state index is 13.4. The van der Waals surface area contributed by atoms with Crippen LogP contribution in [-0.2, 0) is 26.2 Å². The number of nitrogens with one attached hydrogen (secondary N) is 1. The molecule has 0 saturated heterocycles. The van der Waals surface area contributed by atoms with Gasteiger partial charge >= 0.3 is 0 Å². The lowest BCUT2D eigenvalue weighted by Crippen LogP contribution is -2.51. The minimum atomic E-state index is -3.76. The Bertz CT molecular complexity index is 1060. The topological polar surface area (TPSA) is 96.0 Å². The van der Waals surface area contributed by atoms with Crippen LogP contribution in [0, 0.1) is 0 Å². The predicted octanol–water partition coefficient (Wildman–Crippen LogP) is 3.17. The van der Waals surface area contributed by atoms with Crippen molar-refractivity contribution in [3.05, 3.63) is 58.6 Å². The molecule has 1 N–H and O–H groups in total. The van der Waals surface area contributed by atoms with Gasteiger partial charge in [-0.3, -0.25) is 13.9 Å². The quantitative estimate of drug-likeness (QED) is 0.473. The van der Waals surface area contributed by atoms with Crippen LogP contribution >= 0.6 is 15.9 Å². The van der Waals surface area contributed by atoms with E-state index in [1.54, 1.807) is 62.6 Å². The summed E-state index contributed by atoms with van der Waals surface area (Å²) in [7, 11) is -2.20. The molecular formula is C23H30BrN3O5S. The van der Waals surface area contributed by atoms with Crippen LogP contribution < -0.4 is 14.4 Å². The van der Waals surface area contributed by atoms with Crippen LogP contribution in [0.5, 0.6) is 5.75 Å². The highest BCUT2D eigenvalue weighted by Gasteiger charge is 2.30. The lowest BCUT2D eigenvalue weighted by atomic mass is 10.1. The summed E-state index contributed by atoms with van der Waals surface area (Å²) in [6, 6.07) is 13.0. The van der Waals surface area contributed by atoms with Crippen LogP contribution in [0.1, 0.15) is 25.8 Å². The number of rotatable bonds is 11. The van der Waals surface area contributed by atoms with Gasteiger partial charge < -0.3 is 15.0 Å². The first-order valence-electron chi connectivity index (χ1n) is 10.5. The van der Waals surface area contributed by atoms with E-state index in [2.05, 4.69) is 21.2 Å². The van der Waals surface area contributed by atoms with Crippen molar-refractivity contribution >= 4 is 43.5 Å². The Morgan fingerprint density at radius 1 is 1.15 bits per heavy atom. The lowest BCUT2D eigenvalue weighted by molar-refractivity contribution is -0.139. The molecule has 0 aliphatic heterocycles. The minimum Gasteiger partial charge on any atom is -0.497 e. The van der Waals surface area contributed by atoms with Gasteiger partial charge in [0.2, 0.25) is 21.8 Å². The molecule has 0 heterocycles. The molecule has 2 aromatic rings. The van der Waals surface area contributed by atoms with Crippen molar-refractivity contribution in [2.45, 2.75) is 32.9 Å². The molecule has 10 heteroatoms. The molecule has 0 spiro atoms. The lowest BCUT2D eigenvalue weighted by Gasteiger charge is -2.31. The van der Waals surface area contributed by atoms with Gasteiger partial charge in [-0.2, -0.15) is 0 Å². The fraction of sp³-hybridized carbons (Fsp3) is 0.391. The van der Waals surface area contributed by atoms with Gasteiger partial charge in [0, 0.05) is 17.6 Å². The predicted molar refractivity (Wildman–Crippen MR) is 133 cm³/mol. The Morgan fingerprint density at radius 2 is 1.82 bits per heavy atom. The number of ether oxygens (including phenoxy) is 1. The van der Waals surface area contributed by atoms with Gasteiger partial charge in [0.1, 0.15) is 18.3 Å². The summed E-state index contributed by atoms with van der Waals surface area (Å²) in [6.45, 7) is 3.77. The number of nitrogens with zero attached hydrogens (tertiary/aromatic N) is 2. The van der Waals surface area contributed by atoms with Crippen molar-refractivity contribution in [2.75, 3.05) is 30.8 Å². The highest BCUT2D eigenvalue weighted by atomic mass is 79.9. The molecule has 0 fully saturated rings. The molecule has 180 valence electrons. The van der Waals surface area contributed by atoms with E-state index in [0.717, 1.165) is 22.5 Å². The van der Waals surface area contributed by atoms with E-state index < -0.39 is 28.5 Å². The number of halogens is 1. The van der Waals surface area contributed by atoms with Gasteiger partial charge in [0.25, 0.3) is 0 Å². The molecule has 0 aromatic heterocycles. The van der Waals surface area contributed by atoms with Crippen molar-refractivity contribution in [3.63, 3.8) is 0 Å². The molecule has 0 radical (unpaired) electrons. The Kier molecular flexibility index (Phi) is 9.72. The fourth-order valence-corrected chi connectivity index (χ4v) is 4.38. The van der Waals surface area contributed by atoms with E-state index in [9.17, 15) is 18.0 Å². The van der Waals surface area contributed by atoms with Crippen LogP contribution in [0.2, 0.25) is 0 Å². The number of anilines is 1. The zero-order valence-electron chi connectivity index (χ0n) is 19.2. The van der Waals surface area contributed by atoms with Gasteiger partial charge in [-0.05, 0) is 49.2 Å². The van der Waals surface area contributed by atoms with Crippen LogP contribution in [0.25, 0.3) is 0 Å². The highest BCUT2D eigenvalue weighted by Crippen LogP contribution is 2.23. The largest absolute Gasteiger partial charge is 0.497 e. The summed E-state index contributed by atoms with van der Waals surface area (Å²) in [5.41, 5.74) is 1.14. The van der Waals surface area contributed by atoms with Gasteiger partial charge in [-0.15, -0.1) is 0 Å². The van der Waals surface area contributed by atoms with Gasteiger partial charge in [0.15, 0.2) is 0 Å². The first-order chi connectivity index (χ1) is 15.6. The summed E-state index contributed by atoms with van der Waals surface area (Å²) >= 11 is 3.33. The van der Waals surface area contributed by atoms with E-state index in [1.165, 1.54) is 4.90 Å². The summed E-state index contributed by atoms with van der Waals surface area (Å²) in [5, 5.41) is 2.80. The molecule has 2 aromatic carbocycles. The zero-order valence-corrected chi connectivity index (χ0v) is 21.6. The SMILES string of the molecule is CCCNC(=O)[C@H](C)N(Cc1ccc(OC)cc1)C(=O)CN(c1cccc(Br)c1)S(C)(=O)=O. The average molecular weight is 540 g/mol. The van der Waals surface area contributed by atoms with Crippen molar-refractivity contribution in [2.24, 2.45) is 0 Å². The fourth-order valence-electron chi connectivity index (χ4n) is 3.15. The van der Waals surface area contributed by atoms with E-state index in [1.807, 2.05) is 6.92 Å². The van der Waals surface area contributed by atoms with Crippen LogP contribution in [0.3, 0.4) is 0 Å². The third-order valence-electron chi connectivity index (χ3n) is 5.00. The third kappa shape index (κ3) is 7.75. The summed E-state index contributed by atoms with van der Waals surface area (Å²) in [5.74, 6) is -0.120. The summed E-state index contributed by atoms with van der Waals surface area (Å²) in [6.07, 6.45) is 1.81. The molecule has 0 unspecified atom stereocenters.